The molecule has 0 unspecified atom stereocenters. The van der Waals surface area contributed by atoms with E-state index in [1.165, 1.54) is 12.1 Å². The zero-order valence-electron chi connectivity index (χ0n) is 10.7. The molecule has 0 saturated carbocycles. The molecule has 5 heteroatoms. The minimum Gasteiger partial charge on any atom is -0.402 e. The molecule has 3 rings (SSSR count). The van der Waals surface area contributed by atoms with Crippen LogP contribution in [-0.4, -0.2) is 11.9 Å². The van der Waals surface area contributed by atoms with E-state index < -0.39 is 5.97 Å². The van der Waals surface area contributed by atoms with Crippen molar-refractivity contribution in [1.29, 1.82) is 0 Å². The fourth-order valence-electron chi connectivity index (χ4n) is 1.88. The second-order valence-electron chi connectivity index (χ2n) is 4.37. The number of ether oxygens (including phenoxy) is 1. The third-order valence-electron chi connectivity index (χ3n) is 2.90. The Balaban J connectivity index is 1.96. The molecule has 3 nitrogen and oxygen atoms in total. The van der Waals surface area contributed by atoms with Crippen LogP contribution < -0.4 is 0 Å². The summed E-state index contributed by atoms with van der Waals surface area (Å²) in [6.07, 6.45) is 1.57. The highest BCUT2D eigenvalue weighted by atomic mass is 127. The smallest absolute Gasteiger partial charge is 0.363 e. The van der Waals surface area contributed by atoms with Crippen LogP contribution in [0.15, 0.2) is 59.2 Å². The van der Waals surface area contributed by atoms with Gasteiger partial charge >= 0.3 is 5.97 Å². The maximum atomic E-state index is 12.9. The fourth-order valence-corrected chi connectivity index (χ4v) is 2.49. The van der Waals surface area contributed by atoms with E-state index >= 15 is 0 Å². The van der Waals surface area contributed by atoms with Crippen LogP contribution in [0.2, 0.25) is 0 Å². The molecular weight excluding hydrogens is 384 g/mol. The molecule has 0 atom stereocenters. The molecule has 0 saturated heterocycles. The van der Waals surface area contributed by atoms with Gasteiger partial charge in [0.2, 0.25) is 5.90 Å². The van der Waals surface area contributed by atoms with E-state index in [2.05, 4.69) is 27.6 Å². The van der Waals surface area contributed by atoms with Crippen molar-refractivity contribution in [2.75, 3.05) is 0 Å². The quantitative estimate of drug-likeness (QED) is 0.443. The minimum absolute atomic E-state index is 0.205. The van der Waals surface area contributed by atoms with Gasteiger partial charge in [-0.3, -0.25) is 0 Å². The predicted octanol–water partition coefficient (Wildman–Crippen LogP) is 3.77. The predicted molar refractivity (Wildman–Crippen MR) is 86.2 cm³/mol. The lowest BCUT2D eigenvalue weighted by Gasteiger charge is -2.01. The number of hydrogen-bond donors (Lipinski definition) is 0. The monoisotopic (exact) mass is 393 g/mol. The summed E-state index contributed by atoms with van der Waals surface area (Å²) in [4.78, 5) is 16.1. The molecule has 0 amide bonds. The Labute approximate surface area is 134 Å². The number of aliphatic imine (C=N–C) groups is 1. The van der Waals surface area contributed by atoms with Crippen LogP contribution in [0.5, 0.6) is 0 Å². The molecule has 0 N–H and O–H groups in total. The third-order valence-corrected chi connectivity index (χ3v) is 3.84. The summed E-state index contributed by atoms with van der Waals surface area (Å²) >= 11 is 2.16. The van der Waals surface area contributed by atoms with Crippen molar-refractivity contribution in [2.45, 2.75) is 0 Å². The van der Waals surface area contributed by atoms with Crippen molar-refractivity contribution < 1.29 is 13.9 Å². The number of carbonyl (C=O) groups excluding carboxylic acids is 1. The summed E-state index contributed by atoms with van der Waals surface area (Å²) in [6.45, 7) is 0. The number of halogens is 2. The molecule has 0 aromatic heterocycles. The van der Waals surface area contributed by atoms with Gasteiger partial charge in [-0.05, 0) is 58.5 Å². The van der Waals surface area contributed by atoms with Crippen LogP contribution in [0.4, 0.5) is 4.39 Å². The van der Waals surface area contributed by atoms with E-state index in [1.54, 1.807) is 18.2 Å². The van der Waals surface area contributed by atoms with Crippen molar-refractivity contribution >= 4 is 40.5 Å². The van der Waals surface area contributed by atoms with Crippen LogP contribution in [-0.2, 0) is 9.53 Å². The van der Waals surface area contributed by atoms with Gasteiger partial charge in [0.05, 0.1) is 5.56 Å². The number of rotatable bonds is 2. The van der Waals surface area contributed by atoms with Crippen LogP contribution >= 0.6 is 22.6 Å². The molecule has 0 bridgehead atoms. The van der Waals surface area contributed by atoms with Crippen LogP contribution in [0.1, 0.15) is 11.1 Å². The summed E-state index contributed by atoms with van der Waals surface area (Å²) < 4.78 is 19.0. The first kappa shape index (κ1) is 13.9. The summed E-state index contributed by atoms with van der Waals surface area (Å²) in [7, 11) is 0. The van der Waals surface area contributed by atoms with Gasteiger partial charge in [-0.25, -0.2) is 14.2 Å². The zero-order valence-corrected chi connectivity index (χ0v) is 12.9. The zero-order chi connectivity index (χ0) is 14.8. The van der Waals surface area contributed by atoms with Gasteiger partial charge in [0.15, 0.2) is 5.70 Å². The summed E-state index contributed by atoms with van der Waals surface area (Å²) in [5.74, 6) is -0.540. The maximum absolute atomic E-state index is 12.9. The molecule has 0 fully saturated rings. The Hall–Kier alpha value is -2.02. The summed E-state index contributed by atoms with van der Waals surface area (Å²) in [5.41, 5.74) is 1.67. The fraction of sp³-hybridized carbons (Fsp3) is 0. The Morgan fingerprint density at radius 2 is 1.81 bits per heavy atom. The van der Waals surface area contributed by atoms with Gasteiger partial charge in [-0.15, -0.1) is 0 Å². The van der Waals surface area contributed by atoms with Crippen LogP contribution in [0.25, 0.3) is 6.08 Å². The molecule has 21 heavy (non-hydrogen) atoms. The molecule has 0 aliphatic carbocycles. The summed E-state index contributed by atoms with van der Waals surface area (Å²) in [6, 6.07) is 13.3. The van der Waals surface area contributed by atoms with Crippen molar-refractivity contribution in [3.8, 4) is 0 Å². The lowest BCUT2D eigenvalue weighted by Crippen LogP contribution is -2.06. The second kappa shape index (κ2) is 5.77. The van der Waals surface area contributed by atoms with E-state index in [9.17, 15) is 9.18 Å². The highest BCUT2D eigenvalue weighted by Gasteiger charge is 2.25. The van der Waals surface area contributed by atoms with Crippen molar-refractivity contribution in [2.24, 2.45) is 4.99 Å². The number of cyclic esters (lactones) is 1. The Kier molecular flexibility index (Phi) is 3.83. The first-order valence-electron chi connectivity index (χ1n) is 6.16. The number of esters is 1. The van der Waals surface area contributed by atoms with Crippen LogP contribution in [0.3, 0.4) is 0 Å². The molecule has 1 aliphatic heterocycles. The van der Waals surface area contributed by atoms with E-state index in [0.29, 0.717) is 11.5 Å². The Bertz CT molecular complexity index is 766. The van der Waals surface area contributed by atoms with E-state index in [1.807, 2.05) is 24.3 Å². The lowest BCUT2D eigenvalue weighted by atomic mass is 10.2. The SMILES string of the molecule is O=C1OC(c2ccccc2I)=N/C1=C\c1ccc(F)cc1. The molecule has 1 heterocycles. The highest BCUT2D eigenvalue weighted by molar-refractivity contribution is 14.1. The first-order valence-corrected chi connectivity index (χ1v) is 7.24. The van der Waals surface area contributed by atoms with Crippen molar-refractivity contribution in [1.82, 2.24) is 0 Å². The Morgan fingerprint density at radius 1 is 1.10 bits per heavy atom. The molecule has 0 radical (unpaired) electrons. The van der Waals surface area contributed by atoms with Gasteiger partial charge in [0.1, 0.15) is 5.82 Å². The third kappa shape index (κ3) is 3.02. The molecule has 2 aromatic carbocycles. The topological polar surface area (TPSA) is 38.7 Å². The molecule has 2 aromatic rings. The normalized spacial score (nSPS) is 16.0. The van der Waals surface area contributed by atoms with E-state index in [-0.39, 0.29) is 11.5 Å². The average molecular weight is 393 g/mol. The maximum Gasteiger partial charge on any atom is 0.363 e. The molecule has 0 spiro atoms. The van der Waals surface area contributed by atoms with Gasteiger partial charge in [-0.2, -0.15) is 0 Å². The highest BCUT2D eigenvalue weighted by Crippen LogP contribution is 2.22. The van der Waals surface area contributed by atoms with E-state index in [0.717, 1.165) is 9.13 Å². The van der Waals surface area contributed by atoms with Crippen molar-refractivity contribution in [3.05, 3.63) is 74.7 Å². The van der Waals surface area contributed by atoms with Gasteiger partial charge in [0, 0.05) is 3.57 Å². The second-order valence-corrected chi connectivity index (χ2v) is 5.53. The minimum atomic E-state index is -0.506. The van der Waals surface area contributed by atoms with E-state index in [4.69, 9.17) is 4.74 Å². The Morgan fingerprint density at radius 3 is 2.52 bits per heavy atom. The first-order chi connectivity index (χ1) is 10.1. The average Bonchev–Trinajstić information content (AvgIpc) is 2.83. The summed E-state index contributed by atoms with van der Waals surface area (Å²) in [5, 5.41) is 0. The molecule has 104 valence electrons. The number of nitrogens with zero attached hydrogens (tertiary/aromatic N) is 1. The van der Waals surface area contributed by atoms with Crippen LogP contribution in [0, 0.1) is 9.39 Å². The number of carbonyl (C=O) groups is 1. The van der Waals surface area contributed by atoms with Gasteiger partial charge in [-0.1, -0.05) is 24.3 Å². The standard InChI is InChI=1S/C16H9FINO2/c17-11-7-5-10(6-8-11)9-14-16(20)21-15(19-14)12-3-1-2-4-13(12)18/h1-9H/b14-9-. The largest absolute Gasteiger partial charge is 0.402 e. The molecular formula is C16H9FINO2. The number of hydrogen-bond acceptors (Lipinski definition) is 3. The number of benzene rings is 2. The van der Waals surface area contributed by atoms with Gasteiger partial charge < -0.3 is 4.74 Å². The molecule has 1 aliphatic rings. The lowest BCUT2D eigenvalue weighted by molar-refractivity contribution is -0.129. The van der Waals surface area contributed by atoms with Gasteiger partial charge in [0.25, 0.3) is 0 Å². The van der Waals surface area contributed by atoms with Crippen molar-refractivity contribution in [3.63, 3.8) is 0 Å².